The largest absolute Gasteiger partial charge is 0.496 e. The topological polar surface area (TPSA) is 107 Å². The average molecular weight is 246 g/mol. The smallest absolute Gasteiger partial charge is 0.288 e. The maximum absolute atomic E-state index is 11.3. The third-order valence-corrected chi connectivity index (χ3v) is 2.14. The number of nitro benzene ring substituents is 1. The van der Waals surface area contributed by atoms with Gasteiger partial charge in [-0.3, -0.25) is 20.3 Å². The van der Waals surface area contributed by atoms with Crippen molar-refractivity contribution in [3.05, 3.63) is 32.8 Å². The van der Waals surface area contributed by atoms with Gasteiger partial charge in [-0.05, 0) is 0 Å². The van der Waals surface area contributed by atoms with Crippen molar-refractivity contribution in [2.24, 2.45) is 5.84 Å². The zero-order chi connectivity index (χ0) is 12.3. The lowest BCUT2D eigenvalue weighted by atomic mass is 10.1. The van der Waals surface area contributed by atoms with E-state index < -0.39 is 10.8 Å². The van der Waals surface area contributed by atoms with Gasteiger partial charge in [0.2, 0.25) is 0 Å². The lowest BCUT2D eigenvalue weighted by Crippen LogP contribution is -2.30. The Kier molecular flexibility index (Phi) is 3.64. The van der Waals surface area contributed by atoms with Crippen LogP contribution in [0.15, 0.2) is 12.1 Å². The summed E-state index contributed by atoms with van der Waals surface area (Å²) < 4.78 is 4.86. The molecule has 7 nitrogen and oxygen atoms in total. The summed E-state index contributed by atoms with van der Waals surface area (Å²) in [6, 6.07) is 2.19. The Balaban J connectivity index is 3.40. The molecule has 0 aliphatic rings. The number of hydrogen-bond donors (Lipinski definition) is 2. The van der Waals surface area contributed by atoms with Crippen molar-refractivity contribution in [1.82, 2.24) is 5.43 Å². The zero-order valence-corrected chi connectivity index (χ0v) is 8.95. The molecule has 0 atom stereocenters. The van der Waals surface area contributed by atoms with Crippen LogP contribution in [0.3, 0.4) is 0 Å². The molecule has 0 saturated carbocycles. The molecule has 1 rings (SSSR count). The molecule has 86 valence electrons. The standard InChI is InChI=1S/C8H8ClN3O4/c1-16-7-3-5(9)6(12(14)15)2-4(7)8(13)11-10/h2-3H,10H2,1H3,(H,11,13). The van der Waals surface area contributed by atoms with Gasteiger partial charge < -0.3 is 4.74 Å². The Morgan fingerprint density at radius 2 is 2.25 bits per heavy atom. The molecule has 0 aliphatic carbocycles. The number of ether oxygens (including phenoxy) is 1. The van der Waals surface area contributed by atoms with E-state index in [1.54, 1.807) is 0 Å². The van der Waals surface area contributed by atoms with E-state index >= 15 is 0 Å². The Morgan fingerprint density at radius 1 is 1.62 bits per heavy atom. The van der Waals surface area contributed by atoms with Crippen LogP contribution in [-0.4, -0.2) is 17.9 Å². The Labute approximate surface area is 95.3 Å². The lowest BCUT2D eigenvalue weighted by molar-refractivity contribution is -0.384. The second-order valence-electron chi connectivity index (χ2n) is 2.73. The number of carbonyl (C=O) groups is 1. The van der Waals surface area contributed by atoms with Crippen molar-refractivity contribution in [2.45, 2.75) is 0 Å². The van der Waals surface area contributed by atoms with E-state index in [-0.39, 0.29) is 22.0 Å². The summed E-state index contributed by atoms with van der Waals surface area (Å²) in [6.45, 7) is 0. The third-order valence-electron chi connectivity index (χ3n) is 1.84. The van der Waals surface area contributed by atoms with Crippen molar-refractivity contribution in [1.29, 1.82) is 0 Å². The highest BCUT2D eigenvalue weighted by molar-refractivity contribution is 6.33. The molecule has 0 bridgehead atoms. The second-order valence-corrected chi connectivity index (χ2v) is 3.14. The first-order valence-corrected chi connectivity index (χ1v) is 4.42. The quantitative estimate of drug-likeness (QED) is 0.355. The number of amides is 1. The van der Waals surface area contributed by atoms with Gasteiger partial charge >= 0.3 is 0 Å². The minimum Gasteiger partial charge on any atom is -0.496 e. The molecule has 1 aromatic carbocycles. The van der Waals surface area contributed by atoms with Crippen molar-refractivity contribution in [2.75, 3.05) is 7.11 Å². The fraction of sp³-hybridized carbons (Fsp3) is 0.125. The number of nitrogen functional groups attached to an aromatic ring is 1. The maximum Gasteiger partial charge on any atom is 0.288 e. The number of nitrogens with zero attached hydrogens (tertiary/aromatic N) is 1. The molecule has 0 radical (unpaired) electrons. The molecule has 0 saturated heterocycles. The molecule has 8 heteroatoms. The highest BCUT2D eigenvalue weighted by atomic mass is 35.5. The number of benzene rings is 1. The van der Waals surface area contributed by atoms with Crippen LogP contribution >= 0.6 is 11.6 Å². The molecule has 0 fully saturated rings. The van der Waals surface area contributed by atoms with E-state index in [2.05, 4.69) is 0 Å². The van der Waals surface area contributed by atoms with Crippen LogP contribution in [0.5, 0.6) is 5.75 Å². The number of hydrogen-bond acceptors (Lipinski definition) is 5. The number of carbonyl (C=O) groups excluding carboxylic acids is 1. The Hall–Kier alpha value is -1.86. The number of methoxy groups -OCH3 is 1. The van der Waals surface area contributed by atoms with E-state index in [1.807, 2.05) is 5.43 Å². The monoisotopic (exact) mass is 245 g/mol. The van der Waals surface area contributed by atoms with Crippen LogP contribution in [0.1, 0.15) is 10.4 Å². The molecule has 16 heavy (non-hydrogen) atoms. The first kappa shape index (κ1) is 12.2. The van der Waals surface area contributed by atoms with E-state index in [9.17, 15) is 14.9 Å². The van der Waals surface area contributed by atoms with Crippen LogP contribution in [0.4, 0.5) is 5.69 Å². The SMILES string of the molecule is COc1cc(Cl)c([N+](=O)[O-])cc1C(=O)NN. The Bertz CT molecular complexity index is 449. The predicted octanol–water partition coefficient (Wildman–Crippen LogP) is 0.860. The van der Waals surface area contributed by atoms with Gasteiger partial charge in [0.25, 0.3) is 11.6 Å². The zero-order valence-electron chi connectivity index (χ0n) is 8.19. The van der Waals surface area contributed by atoms with E-state index in [0.29, 0.717) is 0 Å². The van der Waals surface area contributed by atoms with Crippen molar-refractivity contribution < 1.29 is 14.5 Å². The summed E-state index contributed by atoms with van der Waals surface area (Å²) >= 11 is 5.64. The van der Waals surface area contributed by atoms with Crippen molar-refractivity contribution >= 4 is 23.2 Å². The summed E-state index contributed by atoms with van der Waals surface area (Å²) in [4.78, 5) is 21.2. The van der Waals surface area contributed by atoms with Gasteiger partial charge in [-0.15, -0.1) is 0 Å². The van der Waals surface area contributed by atoms with Gasteiger partial charge in [-0.1, -0.05) is 11.6 Å². The molecule has 1 amide bonds. The molecule has 0 aliphatic heterocycles. The number of nitrogens with one attached hydrogen (secondary N) is 1. The fourth-order valence-electron chi connectivity index (χ4n) is 1.11. The van der Waals surface area contributed by atoms with Crippen LogP contribution < -0.4 is 16.0 Å². The predicted molar refractivity (Wildman–Crippen MR) is 56.3 cm³/mol. The summed E-state index contributed by atoms with van der Waals surface area (Å²) in [5.74, 6) is 4.35. The number of rotatable bonds is 3. The third kappa shape index (κ3) is 2.20. The first-order valence-electron chi connectivity index (χ1n) is 4.04. The molecule has 0 heterocycles. The average Bonchev–Trinajstić information content (AvgIpc) is 2.27. The normalized spacial score (nSPS) is 9.69. The van der Waals surface area contributed by atoms with E-state index in [4.69, 9.17) is 22.2 Å². The maximum atomic E-state index is 11.3. The summed E-state index contributed by atoms with van der Waals surface area (Å²) in [6.07, 6.45) is 0. The van der Waals surface area contributed by atoms with Gasteiger partial charge in [0.05, 0.1) is 17.6 Å². The molecule has 0 spiro atoms. The lowest BCUT2D eigenvalue weighted by Gasteiger charge is -2.07. The number of hydrazine groups is 1. The second kappa shape index (κ2) is 4.77. The van der Waals surface area contributed by atoms with Crippen molar-refractivity contribution in [3.63, 3.8) is 0 Å². The van der Waals surface area contributed by atoms with Crippen molar-refractivity contribution in [3.8, 4) is 5.75 Å². The Morgan fingerprint density at radius 3 is 2.69 bits per heavy atom. The molecule has 0 unspecified atom stereocenters. The molecule has 0 aromatic heterocycles. The minimum atomic E-state index is -0.699. The van der Waals surface area contributed by atoms with E-state index in [1.165, 1.54) is 13.2 Å². The highest BCUT2D eigenvalue weighted by Crippen LogP contribution is 2.32. The molecular formula is C8H8ClN3O4. The summed E-state index contributed by atoms with van der Waals surface area (Å²) in [7, 11) is 1.31. The van der Waals surface area contributed by atoms with Crippen LogP contribution in [0.25, 0.3) is 0 Å². The minimum absolute atomic E-state index is 0.0545. The fourth-order valence-corrected chi connectivity index (χ4v) is 1.33. The summed E-state index contributed by atoms with van der Waals surface area (Å²) in [5.41, 5.74) is 1.41. The first-order chi connectivity index (χ1) is 7.51. The van der Waals surface area contributed by atoms with Gasteiger partial charge in [0.15, 0.2) is 0 Å². The molecular weight excluding hydrogens is 238 g/mol. The van der Waals surface area contributed by atoms with Crippen LogP contribution in [-0.2, 0) is 0 Å². The number of nitrogens with two attached hydrogens (primary N) is 1. The van der Waals surface area contributed by atoms with Gasteiger partial charge in [0, 0.05) is 12.1 Å². The van der Waals surface area contributed by atoms with E-state index in [0.717, 1.165) is 6.07 Å². The number of nitro groups is 1. The van der Waals surface area contributed by atoms with Crippen LogP contribution in [0.2, 0.25) is 5.02 Å². The summed E-state index contributed by atoms with van der Waals surface area (Å²) in [5, 5.41) is 10.5. The van der Waals surface area contributed by atoms with Crippen LogP contribution in [0, 0.1) is 10.1 Å². The van der Waals surface area contributed by atoms with Gasteiger partial charge in [-0.2, -0.15) is 0 Å². The number of halogens is 1. The molecule has 3 N–H and O–H groups in total. The molecule has 1 aromatic rings. The highest BCUT2D eigenvalue weighted by Gasteiger charge is 2.20. The van der Waals surface area contributed by atoms with Gasteiger partial charge in [-0.25, -0.2) is 5.84 Å². The van der Waals surface area contributed by atoms with Gasteiger partial charge in [0.1, 0.15) is 10.8 Å².